The third kappa shape index (κ3) is 2.80. The van der Waals surface area contributed by atoms with Gasteiger partial charge in [-0.3, -0.25) is 0 Å². The van der Waals surface area contributed by atoms with Crippen molar-refractivity contribution in [3.8, 4) is 0 Å². The molecule has 0 spiro atoms. The molecule has 1 aliphatic heterocycles. The lowest BCUT2D eigenvalue weighted by atomic mass is 9.93. The largest absolute Gasteiger partial charge is 0.381 e. The van der Waals surface area contributed by atoms with Gasteiger partial charge in [0, 0.05) is 28.3 Å². The first-order valence-corrected chi connectivity index (χ1v) is 6.52. The first-order chi connectivity index (χ1) is 7.29. The summed E-state index contributed by atoms with van der Waals surface area (Å²) in [5.74, 6) is 0.516. The molecule has 0 amide bonds. The standard InChI is InChI=1S/C12H19NOS/c1-2-10-3-4-11(15-10)7-9-8-14-6-5-12(9)13/h3-4,9,12H,2,5-8,13H2,1H3. The van der Waals surface area contributed by atoms with E-state index in [9.17, 15) is 0 Å². The van der Waals surface area contributed by atoms with Gasteiger partial charge >= 0.3 is 0 Å². The van der Waals surface area contributed by atoms with Crippen LogP contribution in [0.25, 0.3) is 0 Å². The van der Waals surface area contributed by atoms with Gasteiger partial charge in [0.05, 0.1) is 6.61 Å². The molecule has 84 valence electrons. The Morgan fingerprint density at radius 2 is 2.27 bits per heavy atom. The molecule has 0 aliphatic carbocycles. The van der Waals surface area contributed by atoms with Gasteiger partial charge in [0.1, 0.15) is 0 Å². The molecule has 2 atom stereocenters. The number of ether oxygens (including phenoxy) is 1. The molecule has 0 radical (unpaired) electrons. The lowest BCUT2D eigenvalue weighted by molar-refractivity contribution is 0.0425. The number of aryl methyl sites for hydroxylation is 1. The molecule has 0 aromatic carbocycles. The van der Waals surface area contributed by atoms with E-state index in [1.165, 1.54) is 9.75 Å². The number of hydrogen-bond acceptors (Lipinski definition) is 3. The summed E-state index contributed by atoms with van der Waals surface area (Å²) in [4.78, 5) is 2.92. The summed E-state index contributed by atoms with van der Waals surface area (Å²) in [6.45, 7) is 3.87. The van der Waals surface area contributed by atoms with E-state index in [1.807, 2.05) is 11.3 Å². The minimum atomic E-state index is 0.325. The summed E-state index contributed by atoms with van der Waals surface area (Å²) in [6.07, 6.45) is 3.24. The molecular formula is C12H19NOS. The fourth-order valence-corrected chi connectivity index (χ4v) is 3.05. The first-order valence-electron chi connectivity index (χ1n) is 5.70. The zero-order valence-corrected chi connectivity index (χ0v) is 10.1. The van der Waals surface area contributed by atoms with Gasteiger partial charge < -0.3 is 10.5 Å². The van der Waals surface area contributed by atoms with Gasteiger partial charge in [-0.25, -0.2) is 0 Å². The molecule has 3 heteroatoms. The number of hydrogen-bond donors (Lipinski definition) is 1. The SMILES string of the molecule is CCc1ccc(CC2COCCC2N)s1. The third-order valence-corrected chi connectivity index (χ3v) is 4.31. The van der Waals surface area contributed by atoms with Gasteiger partial charge in [-0.05, 0) is 31.4 Å². The van der Waals surface area contributed by atoms with Gasteiger partial charge in [-0.1, -0.05) is 6.92 Å². The molecule has 2 nitrogen and oxygen atoms in total. The highest BCUT2D eigenvalue weighted by Gasteiger charge is 2.22. The second-order valence-corrected chi connectivity index (χ2v) is 5.47. The van der Waals surface area contributed by atoms with Crippen molar-refractivity contribution in [3.63, 3.8) is 0 Å². The molecule has 2 N–H and O–H groups in total. The van der Waals surface area contributed by atoms with Crippen molar-refractivity contribution in [2.45, 2.75) is 32.2 Å². The molecule has 1 fully saturated rings. The van der Waals surface area contributed by atoms with E-state index in [2.05, 4.69) is 19.1 Å². The van der Waals surface area contributed by atoms with Gasteiger partial charge in [-0.2, -0.15) is 0 Å². The van der Waals surface area contributed by atoms with Crippen LogP contribution in [0.4, 0.5) is 0 Å². The van der Waals surface area contributed by atoms with Crippen LogP contribution in [0.1, 0.15) is 23.1 Å². The first kappa shape index (κ1) is 11.1. The highest BCUT2D eigenvalue weighted by molar-refractivity contribution is 7.11. The molecule has 15 heavy (non-hydrogen) atoms. The van der Waals surface area contributed by atoms with Crippen LogP contribution in [-0.4, -0.2) is 19.3 Å². The molecule has 1 saturated heterocycles. The van der Waals surface area contributed by atoms with Crippen LogP contribution in [0.5, 0.6) is 0 Å². The maximum atomic E-state index is 6.09. The van der Waals surface area contributed by atoms with Crippen LogP contribution >= 0.6 is 11.3 Å². The van der Waals surface area contributed by atoms with Crippen molar-refractivity contribution >= 4 is 11.3 Å². The van der Waals surface area contributed by atoms with E-state index >= 15 is 0 Å². The predicted molar refractivity (Wildman–Crippen MR) is 64.3 cm³/mol. The third-order valence-electron chi connectivity index (χ3n) is 3.06. The average Bonchev–Trinajstić information content (AvgIpc) is 2.69. The Morgan fingerprint density at radius 3 is 2.93 bits per heavy atom. The molecule has 1 aliphatic rings. The van der Waals surface area contributed by atoms with Crippen LogP contribution < -0.4 is 5.73 Å². The minimum Gasteiger partial charge on any atom is -0.381 e. The highest BCUT2D eigenvalue weighted by atomic mass is 32.1. The lowest BCUT2D eigenvalue weighted by Crippen LogP contribution is -2.39. The summed E-state index contributed by atoms with van der Waals surface area (Å²) < 4.78 is 5.48. The Morgan fingerprint density at radius 1 is 1.47 bits per heavy atom. The molecule has 0 bridgehead atoms. The van der Waals surface area contributed by atoms with Gasteiger partial charge in [0.25, 0.3) is 0 Å². The normalized spacial score (nSPS) is 26.8. The van der Waals surface area contributed by atoms with Crippen LogP contribution in [0.2, 0.25) is 0 Å². The van der Waals surface area contributed by atoms with E-state index in [-0.39, 0.29) is 0 Å². The Bertz CT molecular complexity index is 310. The number of rotatable bonds is 3. The number of thiophene rings is 1. The predicted octanol–water partition coefficient (Wildman–Crippen LogP) is 2.22. The molecule has 2 unspecified atom stereocenters. The molecule has 2 heterocycles. The Hall–Kier alpha value is -0.380. The summed E-state index contributed by atoms with van der Waals surface area (Å²) in [6, 6.07) is 4.80. The summed E-state index contributed by atoms with van der Waals surface area (Å²) in [5, 5.41) is 0. The van der Waals surface area contributed by atoms with Crippen LogP contribution in [0.15, 0.2) is 12.1 Å². The molecule has 2 rings (SSSR count). The van der Waals surface area contributed by atoms with Crippen molar-refractivity contribution in [1.82, 2.24) is 0 Å². The maximum Gasteiger partial charge on any atom is 0.0512 e. The smallest absolute Gasteiger partial charge is 0.0512 e. The fourth-order valence-electron chi connectivity index (χ4n) is 2.00. The molecule has 0 saturated carbocycles. The van der Waals surface area contributed by atoms with Crippen LogP contribution in [-0.2, 0) is 17.6 Å². The van der Waals surface area contributed by atoms with E-state index in [0.717, 1.165) is 32.5 Å². The van der Waals surface area contributed by atoms with Crippen molar-refractivity contribution in [2.24, 2.45) is 11.7 Å². The Labute approximate surface area is 95.4 Å². The minimum absolute atomic E-state index is 0.325. The topological polar surface area (TPSA) is 35.2 Å². The zero-order valence-electron chi connectivity index (χ0n) is 9.24. The molecule has 1 aromatic heterocycles. The summed E-state index contributed by atoms with van der Waals surface area (Å²) in [7, 11) is 0. The quantitative estimate of drug-likeness (QED) is 0.856. The van der Waals surface area contributed by atoms with Gasteiger partial charge in [0.15, 0.2) is 0 Å². The average molecular weight is 225 g/mol. The van der Waals surface area contributed by atoms with Crippen molar-refractivity contribution in [1.29, 1.82) is 0 Å². The lowest BCUT2D eigenvalue weighted by Gasteiger charge is -2.28. The van der Waals surface area contributed by atoms with E-state index in [0.29, 0.717) is 12.0 Å². The van der Waals surface area contributed by atoms with E-state index in [1.54, 1.807) is 0 Å². The van der Waals surface area contributed by atoms with Crippen molar-refractivity contribution < 1.29 is 4.74 Å². The van der Waals surface area contributed by atoms with Gasteiger partial charge in [-0.15, -0.1) is 11.3 Å². The maximum absolute atomic E-state index is 6.09. The Balaban J connectivity index is 1.95. The highest BCUT2D eigenvalue weighted by Crippen LogP contribution is 2.23. The van der Waals surface area contributed by atoms with Crippen LogP contribution in [0.3, 0.4) is 0 Å². The Kier molecular flexibility index (Phi) is 3.78. The molecule has 1 aromatic rings. The van der Waals surface area contributed by atoms with E-state index in [4.69, 9.17) is 10.5 Å². The second-order valence-electron chi connectivity index (χ2n) is 4.21. The molecular weight excluding hydrogens is 206 g/mol. The van der Waals surface area contributed by atoms with Crippen molar-refractivity contribution in [2.75, 3.05) is 13.2 Å². The van der Waals surface area contributed by atoms with Crippen LogP contribution in [0, 0.1) is 5.92 Å². The fraction of sp³-hybridized carbons (Fsp3) is 0.667. The monoisotopic (exact) mass is 225 g/mol. The summed E-state index contributed by atoms with van der Waals surface area (Å²) >= 11 is 1.92. The van der Waals surface area contributed by atoms with Gasteiger partial charge in [0.2, 0.25) is 0 Å². The van der Waals surface area contributed by atoms with E-state index < -0.39 is 0 Å². The zero-order chi connectivity index (χ0) is 10.7. The second kappa shape index (κ2) is 5.10. The number of nitrogens with two attached hydrogens (primary N) is 1. The van der Waals surface area contributed by atoms with Crippen molar-refractivity contribution in [3.05, 3.63) is 21.9 Å². The summed E-state index contributed by atoms with van der Waals surface area (Å²) in [5.41, 5.74) is 6.09.